The van der Waals surface area contributed by atoms with Gasteiger partial charge in [0.05, 0.1) is 5.60 Å². The molecule has 0 aromatic heterocycles. The minimum Gasteiger partial charge on any atom is -0.385 e. The predicted octanol–water partition coefficient (Wildman–Crippen LogP) is 5.85. The summed E-state index contributed by atoms with van der Waals surface area (Å²) < 4.78 is 0. The van der Waals surface area contributed by atoms with Crippen LogP contribution in [0.3, 0.4) is 0 Å². The molecular weight excluding hydrogens is 378 g/mol. The average molecular weight is 406 g/mol. The van der Waals surface area contributed by atoms with Crippen molar-refractivity contribution in [3.05, 3.63) is 107 Å². The second-order valence-corrected chi connectivity index (χ2v) is 8.48. The van der Waals surface area contributed by atoms with Gasteiger partial charge < -0.3 is 10.0 Å². The Balaban J connectivity index is 1.40. The van der Waals surface area contributed by atoms with E-state index in [4.69, 9.17) is 11.6 Å². The van der Waals surface area contributed by atoms with E-state index in [9.17, 15) is 5.11 Å². The number of benzene rings is 3. The van der Waals surface area contributed by atoms with Crippen LogP contribution in [0.5, 0.6) is 0 Å². The van der Waals surface area contributed by atoms with E-state index in [0.29, 0.717) is 10.9 Å². The number of hydrogen-bond donors (Lipinski definition) is 1. The second-order valence-electron chi connectivity index (χ2n) is 8.04. The first-order valence-corrected chi connectivity index (χ1v) is 10.8. The normalized spacial score (nSPS) is 16.8. The molecule has 1 heterocycles. The lowest BCUT2D eigenvalue weighted by atomic mass is 9.84. The Kier molecular flexibility index (Phi) is 6.34. The van der Waals surface area contributed by atoms with E-state index in [1.54, 1.807) is 0 Å². The van der Waals surface area contributed by atoms with Gasteiger partial charge in [-0.05, 0) is 54.6 Å². The van der Waals surface area contributed by atoms with Crippen molar-refractivity contribution < 1.29 is 5.11 Å². The minimum absolute atomic E-state index is 0.398. The zero-order chi connectivity index (χ0) is 20.1. The smallest absolute Gasteiger partial charge is 0.0920 e. The van der Waals surface area contributed by atoms with Crippen molar-refractivity contribution >= 4 is 11.6 Å². The third kappa shape index (κ3) is 4.90. The Bertz CT molecular complexity index is 848. The van der Waals surface area contributed by atoms with Crippen molar-refractivity contribution in [2.24, 2.45) is 0 Å². The van der Waals surface area contributed by atoms with Gasteiger partial charge in [-0.2, -0.15) is 0 Å². The SMILES string of the molecule is OC1(c2ccc(Cl)cc2)CCN(CCC(c2ccccc2)c2ccccc2)CC1. The zero-order valence-corrected chi connectivity index (χ0v) is 17.4. The van der Waals surface area contributed by atoms with Crippen LogP contribution < -0.4 is 0 Å². The fourth-order valence-electron chi connectivity index (χ4n) is 4.40. The van der Waals surface area contributed by atoms with E-state index in [0.717, 1.165) is 44.5 Å². The Hall–Kier alpha value is -2.13. The third-order valence-corrected chi connectivity index (χ3v) is 6.45. The van der Waals surface area contributed by atoms with Crippen LogP contribution >= 0.6 is 11.6 Å². The summed E-state index contributed by atoms with van der Waals surface area (Å²) in [6, 6.07) is 29.2. The molecule has 0 radical (unpaired) electrons. The highest BCUT2D eigenvalue weighted by atomic mass is 35.5. The van der Waals surface area contributed by atoms with Crippen LogP contribution in [0.1, 0.15) is 41.9 Å². The maximum atomic E-state index is 11.1. The van der Waals surface area contributed by atoms with Gasteiger partial charge in [0.25, 0.3) is 0 Å². The fraction of sp³-hybridized carbons (Fsp3) is 0.308. The highest BCUT2D eigenvalue weighted by molar-refractivity contribution is 6.30. The number of halogens is 1. The Morgan fingerprint density at radius 3 is 1.83 bits per heavy atom. The topological polar surface area (TPSA) is 23.5 Å². The molecule has 0 spiro atoms. The molecular formula is C26H28ClNO. The fourth-order valence-corrected chi connectivity index (χ4v) is 4.53. The van der Waals surface area contributed by atoms with Gasteiger partial charge in [-0.15, -0.1) is 0 Å². The van der Waals surface area contributed by atoms with Crippen LogP contribution in [0.4, 0.5) is 0 Å². The highest BCUT2D eigenvalue weighted by Gasteiger charge is 2.34. The molecule has 3 aromatic rings. The lowest BCUT2D eigenvalue weighted by Crippen LogP contribution is -2.43. The summed E-state index contributed by atoms with van der Waals surface area (Å²) >= 11 is 6.00. The first-order valence-electron chi connectivity index (χ1n) is 10.4. The van der Waals surface area contributed by atoms with Gasteiger partial charge in [0.15, 0.2) is 0 Å². The van der Waals surface area contributed by atoms with Crippen LogP contribution in [0, 0.1) is 0 Å². The predicted molar refractivity (Wildman–Crippen MR) is 120 cm³/mol. The molecule has 0 bridgehead atoms. The highest BCUT2D eigenvalue weighted by Crippen LogP contribution is 2.34. The average Bonchev–Trinajstić information content (AvgIpc) is 2.77. The summed E-state index contributed by atoms with van der Waals surface area (Å²) in [6.07, 6.45) is 2.60. The first kappa shape index (κ1) is 20.2. The molecule has 1 aliphatic heterocycles. The molecule has 0 aliphatic carbocycles. The molecule has 3 heteroatoms. The summed E-state index contributed by atoms with van der Waals surface area (Å²) in [6.45, 7) is 2.86. The molecule has 150 valence electrons. The van der Waals surface area contributed by atoms with Gasteiger partial charge in [-0.3, -0.25) is 0 Å². The Morgan fingerprint density at radius 2 is 1.31 bits per heavy atom. The van der Waals surface area contributed by atoms with Gasteiger partial charge in [-0.25, -0.2) is 0 Å². The molecule has 29 heavy (non-hydrogen) atoms. The monoisotopic (exact) mass is 405 g/mol. The quantitative estimate of drug-likeness (QED) is 0.556. The molecule has 0 amide bonds. The molecule has 1 N–H and O–H groups in total. The van der Waals surface area contributed by atoms with Gasteiger partial charge >= 0.3 is 0 Å². The molecule has 4 rings (SSSR count). The van der Waals surface area contributed by atoms with Crippen LogP contribution in [-0.4, -0.2) is 29.6 Å². The number of piperidine rings is 1. The largest absolute Gasteiger partial charge is 0.385 e. The maximum absolute atomic E-state index is 11.1. The van der Waals surface area contributed by atoms with Crippen LogP contribution in [0.25, 0.3) is 0 Å². The van der Waals surface area contributed by atoms with Crippen molar-refractivity contribution in [2.75, 3.05) is 19.6 Å². The second kappa shape index (κ2) is 9.13. The number of nitrogens with zero attached hydrogens (tertiary/aromatic N) is 1. The number of hydrogen-bond acceptors (Lipinski definition) is 2. The summed E-state index contributed by atoms with van der Waals surface area (Å²) in [4.78, 5) is 2.49. The molecule has 0 unspecified atom stereocenters. The van der Waals surface area contributed by atoms with Crippen molar-refractivity contribution in [1.29, 1.82) is 0 Å². The molecule has 1 aliphatic rings. The number of rotatable bonds is 6. The van der Waals surface area contributed by atoms with E-state index < -0.39 is 5.60 Å². The van der Waals surface area contributed by atoms with E-state index >= 15 is 0 Å². The lowest BCUT2D eigenvalue weighted by Gasteiger charge is -2.39. The van der Waals surface area contributed by atoms with E-state index in [1.807, 2.05) is 24.3 Å². The van der Waals surface area contributed by atoms with Gasteiger partial charge in [-0.1, -0.05) is 84.4 Å². The standard InChI is InChI=1S/C26H28ClNO/c27-24-13-11-23(12-14-24)26(29)16-19-28(20-17-26)18-15-25(21-7-3-1-4-8-21)22-9-5-2-6-10-22/h1-14,25,29H,15-20H2. The molecule has 1 fully saturated rings. The summed E-state index contributed by atoms with van der Waals surface area (Å²) in [7, 11) is 0. The van der Waals surface area contributed by atoms with Gasteiger partial charge in [0, 0.05) is 24.0 Å². The number of likely N-dealkylation sites (tertiary alicyclic amines) is 1. The lowest BCUT2D eigenvalue weighted by molar-refractivity contribution is -0.0261. The molecule has 2 nitrogen and oxygen atoms in total. The van der Waals surface area contributed by atoms with Crippen LogP contribution in [-0.2, 0) is 5.60 Å². The van der Waals surface area contributed by atoms with Gasteiger partial charge in [0.2, 0.25) is 0 Å². The minimum atomic E-state index is -0.737. The maximum Gasteiger partial charge on any atom is 0.0920 e. The molecule has 3 aromatic carbocycles. The summed E-state index contributed by atoms with van der Waals surface area (Å²) in [5.74, 6) is 0.398. The summed E-state index contributed by atoms with van der Waals surface area (Å²) in [5, 5.41) is 11.8. The van der Waals surface area contributed by atoms with Gasteiger partial charge in [0.1, 0.15) is 0 Å². The Morgan fingerprint density at radius 1 is 0.793 bits per heavy atom. The summed E-state index contributed by atoms with van der Waals surface area (Å²) in [5.41, 5.74) is 2.98. The van der Waals surface area contributed by atoms with E-state index in [2.05, 4.69) is 65.6 Å². The van der Waals surface area contributed by atoms with Crippen LogP contribution in [0.15, 0.2) is 84.9 Å². The Labute approximate surface area is 178 Å². The third-order valence-electron chi connectivity index (χ3n) is 6.20. The van der Waals surface area contributed by atoms with E-state index in [-0.39, 0.29) is 0 Å². The first-order chi connectivity index (χ1) is 14.1. The van der Waals surface area contributed by atoms with Crippen molar-refractivity contribution in [3.8, 4) is 0 Å². The van der Waals surface area contributed by atoms with Crippen molar-refractivity contribution in [2.45, 2.75) is 30.8 Å². The van der Waals surface area contributed by atoms with E-state index in [1.165, 1.54) is 11.1 Å². The zero-order valence-electron chi connectivity index (χ0n) is 16.7. The molecule has 0 atom stereocenters. The van der Waals surface area contributed by atoms with Crippen LogP contribution in [0.2, 0.25) is 5.02 Å². The van der Waals surface area contributed by atoms with Crippen molar-refractivity contribution in [1.82, 2.24) is 4.90 Å². The molecule has 0 saturated carbocycles. The number of aliphatic hydroxyl groups is 1. The van der Waals surface area contributed by atoms with Crippen molar-refractivity contribution in [3.63, 3.8) is 0 Å². The molecule has 1 saturated heterocycles.